The normalized spacial score (nSPS) is 15.9. The van der Waals surface area contributed by atoms with Gasteiger partial charge in [0.25, 0.3) is 0 Å². The second kappa shape index (κ2) is 5.98. The number of nitrogens with zero attached hydrogens (tertiary/aromatic N) is 3. The van der Waals surface area contributed by atoms with E-state index in [1.165, 1.54) is 0 Å². The number of aromatic nitrogens is 1. The number of amides is 1. The topological polar surface area (TPSA) is 71.7 Å². The molecular formula is C14H22N4O2. The quantitative estimate of drug-likeness (QED) is 0.889. The van der Waals surface area contributed by atoms with Gasteiger partial charge < -0.3 is 20.3 Å². The molecule has 0 aliphatic carbocycles. The third kappa shape index (κ3) is 3.31. The van der Waals surface area contributed by atoms with E-state index in [2.05, 4.69) is 18.8 Å². The van der Waals surface area contributed by atoms with Gasteiger partial charge in [-0.15, -0.1) is 0 Å². The molecule has 6 nitrogen and oxygen atoms in total. The maximum Gasteiger partial charge on any atom is 0.241 e. The van der Waals surface area contributed by atoms with E-state index < -0.39 is 0 Å². The molecule has 0 atom stereocenters. The van der Waals surface area contributed by atoms with E-state index in [1.807, 2.05) is 18.0 Å². The van der Waals surface area contributed by atoms with Crippen molar-refractivity contribution >= 4 is 17.4 Å². The Hall–Kier alpha value is -1.98. The van der Waals surface area contributed by atoms with Crippen LogP contribution in [0.2, 0.25) is 0 Å². The van der Waals surface area contributed by atoms with Gasteiger partial charge in [0, 0.05) is 20.1 Å². The van der Waals surface area contributed by atoms with E-state index in [-0.39, 0.29) is 5.91 Å². The van der Waals surface area contributed by atoms with Crippen molar-refractivity contribution in [3.8, 4) is 5.88 Å². The predicted molar refractivity (Wildman–Crippen MR) is 78.8 cm³/mol. The number of hydrogen-bond donors (Lipinski definition) is 1. The first-order valence-electron chi connectivity index (χ1n) is 6.85. The molecule has 0 spiro atoms. The second-order valence-corrected chi connectivity index (χ2v) is 5.51. The lowest BCUT2D eigenvalue weighted by molar-refractivity contribution is -0.129. The van der Waals surface area contributed by atoms with E-state index in [1.54, 1.807) is 11.0 Å². The highest BCUT2D eigenvalue weighted by atomic mass is 16.5. The van der Waals surface area contributed by atoms with E-state index >= 15 is 0 Å². The number of rotatable bonds is 4. The molecule has 2 heterocycles. The summed E-state index contributed by atoms with van der Waals surface area (Å²) in [7, 11) is 1.81. The Balaban J connectivity index is 2.12. The fraction of sp³-hybridized carbons (Fsp3) is 0.571. The van der Waals surface area contributed by atoms with Gasteiger partial charge in [-0.2, -0.15) is 4.98 Å². The average molecular weight is 278 g/mol. The van der Waals surface area contributed by atoms with Crippen LogP contribution in [0.4, 0.5) is 11.5 Å². The van der Waals surface area contributed by atoms with Crippen LogP contribution in [0.15, 0.2) is 12.1 Å². The van der Waals surface area contributed by atoms with E-state index in [9.17, 15) is 4.79 Å². The Labute approximate surface area is 119 Å². The molecule has 1 aliphatic rings. The van der Waals surface area contributed by atoms with Gasteiger partial charge in [-0.25, -0.2) is 0 Å². The molecular weight excluding hydrogens is 256 g/mol. The third-order valence-corrected chi connectivity index (χ3v) is 3.21. The fourth-order valence-corrected chi connectivity index (χ4v) is 1.93. The number of carbonyl (C=O) groups is 1. The van der Waals surface area contributed by atoms with Crippen LogP contribution >= 0.6 is 0 Å². The molecule has 0 saturated carbocycles. The van der Waals surface area contributed by atoms with Crippen molar-refractivity contribution < 1.29 is 9.53 Å². The molecule has 0 bridgehead atoms. The Morgan fingerprint density at radius 3 is 2.80 bits per heavy atom. The smallest absolute Gasteiger partial charge is 0.241 e. The van der Waals surface area contributed by atoms with Crippen molar-refractivity contribution in [2.45, 2.75) is 13.8 Å². The highest BCUT2D eigenvalue weighted by Gasteiger charge is 2.22. The predicted octanol–water partition coefficient (Wildman–Crippen LogP) is 0.977. The van der Waals surface area contributed by atoms with Crippen LogP contribution in [0.1, 0.15) is 13.8 Å². The van der Waals surface area contributed by atoms with E-state index in [0.29, 0.717) is 37.2 Å². The van der Waals surface area contributed by atoms with Crippen LogP contribution in [0.25, 0.3) is 0 Å². The summed E-state index contributed by atoms with van der Waals surface area (Å²) < 4.78 is 5.62. The molecule has 20 heavy (non-hydrogen) atoms. The Bertz CT molecular complexity index is 490. The highest BCUT2D eigenvalue weighted by molar-refractivity contribution is 5.82. The molecule has 1 fully saturated rings. The fourth-order valence-electron chi connectivity index (χ4n) is 1.93. The van der Waals surface area contributed by atoms with Gasteiger partial charge in [-0.1, -0.05) is 13.8 Å². The van der Waals surface area contributed by atoms with Crippen molar-refractivity contribution in [2.75, 3.05) is 43.9 Å². The maximum absolute atomic E-state index is 11.7. The van der Waals surface area contributed by atoms with Crippen molar-refractivity contribution in [3.63, 3.8) is 0 Å². The number of carbonyl (C=O) groups excluding carboxylic acids is 1. The van der Waals surface area contributed by atoms with Gasteiger partial charge in [-0.05, 0) is 18.1 Å². The highest BCUT2D eigenvalue weighted by Crippen LogP contribution is 2.24. The number of ether oxygens (including phenoxy) is 1. The molecule has 0 radical (unpaired) electrons. The molecule has 0 unspecified atom stereocenters. The number of piperazine rings is 1. The zero-order valence-electron chi connectivity index (χ0n) is 12.3. The van der Waals surface area contributed by atoms with Crippen molar-refractivity contribution in [3.05, 3.63) is 12.1 Å². The molecule has 1 amide bonds. The maximum atomic E-state index is 11.7. The van der Waals surface area contributed by atoms with Crippen LogP contribution in [-0.4, -0.2) is 49.1 Å². The zero-order chi connectivity index (χ0) is 14.7. The first-order chi connectivity index (χ1) is 9.47. The van der Waals surface area contributed by atoms with Gasteiger partial charge in [0.2, 0.25) is 11.8 Å². The average Bonchev–Trinajstić information content (AvgIpc) is 2.41. The van der Waals surface area contributed by atoms with Gasteiger partial charge in [-0.3, -0.25) is 4.79 Å². The Morgan fingerprint density at radius 1 is 1.40 bits per heavy atom. The lowest BCUT2D eigenvalue weighted by Crippen LogP contribution is -2.48. The number of likely N-dealkylation sites (N-methyl/N-ethyl adjacent to an activating group) is 1. The van der Waals surface area contributed by atoms with Crippen molar-refractivity contribution in [1.82, 2.24) is 9.88 Å². The zero-order valence-corrected chi connectivity index (χ0v) is 12.3. The molecule has 6 heteroatoms. The minimum Gasteiger partial charge on any atom is -0.476 e. The largest absolute Gasteiger partial charge is 0.476 e. The molecule has 1 aromatic rings. The SMILES string of the molecule is CC(C)COc1nc(N2CCN(C)C(=O)C2)ccc1N. The summed E-state index contributed by atoms with van der Waals surface area (Å²) in [5.74, 6) is 1.69. The van der Waals surface area contributed by atoms with Crippen LogP contribution in [0, 0.1) is 5.92 Å². The van der Waals surface area contributed by atoms with Gasteiger partial charge in [0.1, 0.15) is 5.82 Å². The number of nitrogens with two attached hydrogens (primary N) is 1. The molecule has 1 saturated heterocycles. The van der Waals surface area contributed by atoms with E-state index in [4.69, 9.17) is 10.5 Å². The van der Waals surface area contributed by atoms with Gasteiger partial charge in [0.15, 0.2) is 0 Å². The molecule has 2 N–H and O–H groups in total. The summed E-state index contributed by atoms with van der Waals surface area (Å²) >= 11 is 0. The Kier molecular flexibility index (Phi) is 4.32. The van der Waals surface area contributed by atoms with Crippen LogP contribution in [0.3, 0.4) is 0 Å². The van der Waals surface area contributed by atoms with Crippen LogP contribution < -0.4 is 15.4 Å². The summed E-state index contributed by atoms with van der Waals surface area (Å²) in [6.45, 7) is 6.52. The summed E-state index contributed by atoms with van der Waals surface area (Å²) in [5, 5.41) is 0. The van der Waals surface area contributed by atoms with Crippen LogP contribution in [0.5, 0.6) is 5.88 Å². The summed E-state index contributed by atoms with van der Waals surface area (Å²) in [6.07, 6.45) is 0. The molecule has 110 valence electrons. The second-order valence-electron chi connectivity index (χ2n) is 5.51. The lowest BCUT2D eigenvalue weighted by atomic mass is 10.2. The first kappa shape index (κ1) is 14.4. The number of hydrogen-bond acceptors (Lipinski definition) is 5. The molecule has 0 aromatic carbocycles. The van der Waals surface area contributed by atoms with Gasteiger partial charge >= 0.3 is 0 Å². The number of pyridine rings is 1. The first-order valence-corrected chi connectivity index (χ1v) is 6.85. The van der Waals surface area contributed by atoms with Gasteiger partial charge in [0.05, 0.1) is 18.8 Å². The molecule has 1 aromatic heterocycles. The third-order valence-electron chi connectivity index (χ3n) is 3.21. The monoisotopic (exact) mass is 278 g/mol. The summed E-state index contributed by atoms with van der Waals surface area (Å²) in [5.41, 5.74) is 6.40. The minimum absolute atomic E-state index is 0.0968. The number of anilines is 2. The molecule has 1 aliphatic heterocycles. The standard InChI is InChI=1S/C14H22N4O2/c1-10(2)9-20-14-11(15)4-5-12(16-14)18-7-6-17(3)13(19)8-18/h4-5,10H,6-9,15H2,1-3H3. The number of nitrogen functional groups attached to an aromatic ring is 1. The summed E-state index contributed by atoms with van der Waals surface area (Å²) in [6, 6.07) is 3.61. The van der Waals surface area contributed by atoms with E-state index in [0.717, 1.165) is 12.4 Å². The van der Waals surface area contributed by atoms with Crippen LogP contribution in [-0.2, 0) is 4.79 Å². The van der Waals surface area contributed by atoms with Crippen molar-refractivity contribution in [2.24, 2.45) is 5.92 Å². The minimum atomic E-state index is 0.0968. The van der Waals surface area contributed by atoms with Crippen molar-refractivity contribution in [1.29, 1.82) is 0 Å². The molecule has 2 rings (SSSR count). The Morgan fingerprint density at radius 2 is 2.15 bits per heavy atom. The lowest BCUT2D eigenvalue weighted by Gasteiger charge is -2.32. The summed E-state index contributed by atoms with van der Waals surface area (Å²) in [4.78, 5) is 19.9.